The molecule has 0 amide bonds. The van der Waals surface area contributed by atoms with E-state index >= 15 is 0 Å². The molecule has 0 heterocycles. The summed E-state index contributed by atoms with van der Waals surface area (Å²) >= 11 is 0. The van der Waals surface area contributed by atoms with E-state index in [2.05, 4.69) is 5.32 Å². The van der Waals surface area contributed by atoms with E-state index in [4.69, 9.17) is 18.9 Å². The minimum Gasteiger partial charge on any atom is -0.374 e. The fourth-order valence-corrected chi connectivity index (χ4v) is 5.31. The largest absolute Gasteiger partial charge is 0.374 e. The van der Waals surface area contributed by atoms with Gasteiger partial charge in [0.25, 0.3) is 0 Å². The third-order valence-corrected chi connectivity index (χ3v) is 7.85. The highest BCUT2D eigenvalue weighted by molar-refractivity contribution is 5.59. The van der Waals surface area contributed by atoms with Crippen LogP contribution in [0, 0.1) is 0 Å². The molecular weight excluding hydrogens is 586 g/mol. The summed E-state index contributed by atoms with van der Waals surface area (Å²) in [5.74, 6) is 0. The first-order valence-corrected chi connectivity index (χ1v) is 16.1. The van der Waals surface area contributed by atoms with E-state index < -0.39 is 24.4 Å². The Hall–Kier alpha value is -4.43. The molecule has 0 bridgehead atoms. The molecular formula is C41H43NO5. The maximum Gasteiger partial charge on any atom is 0.139 e. The van der Waals surface area contributed by atoms with Gasteiger partial charge in [0.1, 0.15) is 24.6 Å². The first-order valence-electron chi connectivity index (χ1n) is 16.1. The summed E-state index contributed by atoms with van der Waals surface area (Å²) in [4.78, 5) is 12.9. The fraction of sp³-hybridized carbons (Fsp3) is 0.244. The molecule has 6 nitrogen and oxygen atoms in total. The van der Waals surface area contributed by atoms with Gasteiger partial charge in [0, 0.05) is 6.54 Å². The van der Waals surface area contributed by atoms with Crippen LogP contribution < -0.4 is 5.32 Å². The van der Waals surface area contributed by atoms with E-state index in [1.54, 1.807) is 0 Å². The van der Waals surface area contributed by atoms with Crippen molar-refractivity contribution in [3.63, 3.8) is 0 Å². The average molecular weight is 630 g/mol. The molecule has 242 valence electrons. The first-order chi connectivity index (χ1) is 23.3. The summed E-state index contributed by atoms with van der Waals surface area (Å²) in [6, 6.07) is 49.3. The van der Waals surface area contributed by atoms with Crippen molar-refractivity contribution in [2.45, 2.75) is 57.3 Å². The third-order valence-electron chi connectivity index (χ3n) is 7.85. The van der Waals surface area contributed by atoms with Crippen LogP contribution in [0.15, 0.2) is 152 Å². The number of benzene rings is 5. The maximum absolute atomic E-state index is 12.9. The van der Waals surface area contributed by atoms with Gasteiger partial charge in [0.05, 0.1) is 39.1 Å². The van der Waals surface area contributed by atoms with Gasteiger partial charge >= 0.3 is 0 Å². The summed E-state index contributed by atoms with van der Waals surface area (Å²) in [7, 11) is 0. The topological polar surface area (TPSA) is 66.0 Å². The zero-order valence-corrected chi connectivity index (χ0v) is 26.6. The fourth-order valence-electron chi connectivity index (χ4n) is 5.31. The number of rotatable bonds is 20. The van der Waals surface area contributed by atoms with Gasteiger partial charge in [-0.15, -0.1) is 0 Å². The Morgan fingerprint density at radius 2 is 0.851 bits per heavy atom. The number of aldehydes is 1. The Kier molecular flexibility index (Phi) is 13.9. The van der Waals surface area contributed by atoms with Crippen molar-refractivity contribution in [1.29, 1.82) is 0 Å². The molecule has 6 heteroatoms. The summed E-state index contributed by atoms with van der Waals surface area (Å²) in [5.41, 5.74) is 5.15. The van der Waals surface area contributed by atoms with Crippen molar-refractivity contribution in [2.24, 2.45) is 0 Å². The highest BCUT2D eigenvalue weighted by Gasteiger charge is 2.38. The number of carbonyl (C=O) groups is 1. The molecule has 0 radical (unpaired) electrons. The van der Waals surface area contributed by atoms with Gasteiger partial charge in [0.15, 0.2) is 0 Å². The average Bonchev–Trinajstić information content (AvgIpc) is 3.14. The molecule has 1 N–H and O–H groups in total. The van der Waals surface area contributed by atoms with Crippen LogP contribution in [-0.4, -0.2) is 37.2 Å². The molecule has 4 atom stereocenters. The van der Waals surface area contributed by atoms with Crippen molar-refractivity contribution in [3.05, 3.63) is 179 Å². The number of carbonyl (C=O) groups excluding carboxylic acids is 1. The van der Waals surface area contributed by atoms with Crippen LogP contribution in [0.5, 0.6) is 0 Å². The molecule has 5 aromatic carbocycles. The monoisotopic (exact) mass is 629 g/mol. The van der Waals surface area contributed by atoms with Crippen LogP contribution in [0.3, 0.4) is 0 Å². The van der Waals surface area contributed by atoms with Crippen LogP contribution in [-0.2, 0) is 56.7 Å². The van der Waals surface area contributed by atoms with Gasteiger partial charge in [-0.25, -0.2) is 0 Å². The smallest absolute Gasteiger partial charge is 0.139 e. The summed E-state index contributed by atoms with van der Waals surface area (Å²) in [6.07, 6.45) is -1.03. The molecule has 0 saturated carbocycles. The van der Waals surface area contributed by atoms with Crippen LogP contribution in [0.1, 0.15) is 27.8 Å². The predicted molar refractivity (Wildman–Crippen MR) is 184 cm³/mol. The minimum absolute atomic E-state index is 0.233. The van der Waals surface area contributed by atoms with Crippen molar-refractivity contribution in [2.75, 3.05) is 6.61 Å². The molecule has 0 aliphatic carbocycles. The summed E-state index contributed by atoms with van der Waals surface area (Å²) in [5, 5.41) is 3.44. The predicted octanol–water partition coefficient (Wildman–Crippen LogP) is 7.32. The first kappa shape index (κ1) is 33.9. The van der Waals surface area contributed by atoms with Crippen LogP contribution in [0.25, 0.3) is 0 Å². The van der Waals surface area contributed by atoms with Crippen LogP contribution >= 0.6 is 0 Å². The van der Waals surface area contributed by atoms with Crippen molar-refractivity contribution in [1.82, 2.24) is 5.32 Å². The molecule has 4 unspecified atom stereocenters. The van der Waals surface area contributed by atoms with Gasteiger partial charge in [-0.05, 0) is 27.8 Å². The highest BCUT2D eigenvalue weighted by Crippen LogP contribution is 2.22. The van der Waals surface area contributed by atoms with Gasteiger partial charge in [-0.3, -0.25) is 0 Å². The van der Waals surface area contributed by atoms with Gasteiger partial charge in [0.2, 0.25) is 0 Å². The number of nitrogens with one attached hydrogen (secondary N) is 1. The van der Waals surface area contributed by atoms with Gasteiger partial charge < -0.3 is 29.1 Å². The summed E-state index contributed by atoms with van der Waals surface area (Å²) in [6.45, 7) is 2.09. The Morgan fingerprint density at radius 3 is 1.30 bits per heavy atom. The van der Waals surface area contributed by atoms with Crippen molar-refractivity contribution in [3.8, 4) is 0 Å². The molecule has 0 saturated heterocycles. The quantitative estimate of drug-likeness (QED) is 0.0911. The van der Waals surface area contributed by atoms with E-state index in [1.807, 2.05) is 152 Å². The normalized spacial score (nSPS) is 13.8. The standard InChI is InChI=1S/C41H43NO5/c43-27-38(42-26-33-16-6-1-7-17-33)40(46-30-36-22-12-4-13-23-36)41(47-31-37-24-14-5-15-25-37)39(45-29-35-20-10-3-11-21-35)32-44-28-34-18-8-2-9-19-34/h1-25,27,38-42H,26,28-32H2. The highest BCUT2D eigenvalue weighted by atomic mass is 16.6. The lowest BCUT2D eigenvalue weighted by Crippen LogP contribution is -2.55. The molecule has 0 aliphatic rings. The van der Waals surface area contributed by atoms with Crippen molar-refractivity contribution >= 4 is 6.29 Å². The SMILES string of the molecule is O=CC(NCc1ccccc1)C(OCc1ccccc1)C(OCc1ccccc1)C(COCc1ccccc1)OCc1ccccc1. The third kappa shape index (κ3) is 11.4. The van der Waals surface area contributed by atoms with E-state index in [1.165, 1.54) is 0 Å². The summed E-state index contributed by atoms with van der Waals surface area (Å²) < 4.78 is 26.3. The van der Waals surface area contributed by atoms with Gasteiger partial charge in [-0.2, -0.15) is 0 Å². The Morgan fingerprint density at radius 1 is 0.468 bits per heavy atom. The number of hydrogen-bond donors (Lipinski definition) is 1. The molecule has 5 aromatic rings. The van der Waals surface area contributed by atoms with Gasteiger partial charge in [-0.1, -0.05) is 152 Å². The molecule has 0 aliphatic heterocycles. The molecule has 0 fully saturated rings. The second-order valence-electron chi connectivity index (χ2n) is 11.4. The Balaban J connectivity index is 1.45. The molecule has 0 spiro atoms. The van der Waals surface area contributed by atoms with E-state index in [0.717, 1.165) is 34.1 Å². The zero-order valence-electron chi connectivity index (χ0n) is 26.6. The van der Waals surface area contributed by atoms with Crippen LogP contribution in [0.4, 0.5) is 0 Å². The lowest BCUT2D eigenvalue weighted by molar-refractivity contribution is -0.175. The van der Waals surface area contributed by atoms with Crippen LogP contribution in [0.2, 0.25) is 0 Å². The Bertz CT molecular complexity index is 1540. The van der Waals surface area contributed by atoms with E-state index in [-0.39, 0.29) is 6.61 Å². The van der Waals surface area contributed by atoms with Crippen molar-refractivity contribution < 1.29 is 23.7 Å². The lowest BCUT2D eigenvalue weighted by Gasteiger charge is -2.36. The zero-order chi connectivity index (χ0) is 32.4. The molecule has 5 rings (SSSR count). The Labute approximate surface area is 278 Å². The number of hydrogen-bond acceptors (Lipinski definition) is 6. The van der Waals surface area contributed by atoms with E-state index in [0.29, 0.717) is 33.0 Å². The lowest BCUT2D eigenvalue weighted by atomic mass is 10.00. The minimum atomic E-state index is -0.707. The second-order valence-corrected chi connectivity index (χ2v) is 11.4. The maximum atomic E-state index is 12.9. The second kappa shape index (κ2) is 19.3. The number of ether oxygens (including phenoxy) is 4. The molecule has 47 heavy (non-hydrogen) atoms. The molecule has 0 aromatic heterocycles. The van der Waals surface area contributed by atoms with E-state index in [9.17, 15) is 4.79 Å².